The van der Waals surface area contributed by atoms with Crippen molar-refractivity contribution >= 4 is 17.7 Å². The van der Waals surface area contributed by atoms with E-state index in [0.717, 1.165) is 0 Å². The minimum Gasteiger partial charge on any atom is -0.395 e. The molecule has 0 saturated heterocycles. The van der Waals surface area contributed by atoms with E-state index in [1.165, 1.54) is 24.0 Å². The minimum atomic E-state index is -0.425. The van der Waals surface area contributed by atoms with Gasteiger partial charge in [0.2, 0.25) is 0 Å². The summed E-state index contributed by atoms with van der Waals surface area (Å²) in [6.45, 7) is 1.78. The quantitative estimate of drug-likeness (QED) is 0.760. The number of hydrogen-bond donors (Lipinski definition) is 3. The van der Waals surface area contributed by atoms with Crippen LogP contribution in [0.2, 0.25) is 0 Å². The summed E-state index contributed by atoms with van der Waals surface area (Å²) in [5.41, 5.74) is 0.906. The van der Waals surface area contributed by atoms with Gasteiger partial charge in [0.1, 0.15) is 5.82 Å². The van der Waals surface area contributed by atoms with Crippen molar-refractivity contribution in [1.82, 2.24) is 15.5 Å². The molecule has 1 amide bonds. The molecule has 22 heavy (non-hydrogen) atoms. The maximum absolute atomic E-state index is 13.9. The van der Waals surface area contributed by atoms with E-state index in [9.17, 15) is 14.3 Å². The van der Waals surface area contributed by atoms with Crippen molar-refractivity contribution < 1.29 is 14.3 Å². The summed E-state index contributed by atoms with van der Waals surface area (Å²) in [6, 6.07) is 5.97. The molecular formula is C15H18FN3O2S. The van der Waals surface area contributed by atoms with Crippen molar-refractivity contribution in [2.24, 2.45) is 0 Å². The van der Waals surface area contributed by atoms with Crippen LogP contribution in [0.4, 0.5) is 4.39 Å². The van der Waals surface area contributed by atoms with E-state index < -0.39 is 5.82 Å². The number of carbonyl (C=O) groups excluding carboxylic acids is 1. The standard InChI is InChI=1S/C15H18FN3O2S/c1-9(13(8-20)22-2)18-15(21)11-7-17-19-14(11)10-5-3-4-6-12(10)16/h3-7,9,13,20H,8H2,1-2H3,(H,17,19)(H,18,21). The molecule has 0 bridgehead atoms. The molecular weight excluding hydrogens is 305 g/mol. The molecule has 0 aliphatic rings. The molecule has 0 fully saturated rings. The largest absolute Gasteiger partial charge is 0.395 e. The van der Waals surface area contributed by atoms with Gasteiger partial charge in [0.15, 0.2) is 0 Å². The lowest BCUT2D eigenvalue weighted by atomic mass is 10.1. The first-order valence-electron chi connectivity index (χ1n) is 6.81. The zero-order valence-electron chi connectivity index (χ0n) is 12.3. The van der Waals surface area contributed by atoms with Gasteiger partial charge in [-0.15, -0.1) is 0 Å². The van der Waals surface area contributed by atoms with Crippen LogP contribution in [0.3, 0.4) is 0 Å². The molecule has 5 nitrogen and oxygen atoms in total. The molecule has 3 N–H and O–H groups in total. The highest BCUT2D eigenvalue weighted by Gasteiger charge is 2.22. The second kappa shape index (κ2) is 7.42. The monoisotopic (exact) mass is 323 g/mol. The third-order valence-electron chi connectivity index (χ3n) is 3.43. The van der Waals surface area contributed by atoms with E-state index in [-0.39, 0.29) is 29.4 Å². The van der Waals surface area contributed by atoms with Crippen LogP contribution in [0.1, 0.15) is 17.3 Å². The maximum atomic E-state index is 13.9. The van der Waals surface area contributed by atoms with Gasteiger partial charge in [0.05, 0.1) is 24.1 Å². The average molecular weight is 323 g/mol. The van der Waals surface area contributed by atoms with E-state index in [1.807, 2.05) is 13.2 Å². The zero-order chi connectivity index (χ0) is 16.1. The number of hydrogen-bond acceptors (Lipinski definition) is 4. The van der Waals surface area contributed by atoms with Gasteiger partial charge >= 0.3 is 0 Å². The van der Waals surface area contributed by atoms with E-state index in [0.29, 0.717) is 11.3 Å². The van der Waals surface area contributed by atoms with E-state index in [2.05, 4.69) is 15.5 Å². The van der Waals surface area contributed by atoms with Gasteiger partial charge in [0.25, 0.3) is 5.91 Å². The molecule has 7 heteroatoms. The topological polar surface area (TPSA) is 78.0 Å². The van der Waals surface area contributed by atoms with Gasteiger partial charge in [-0.3, -0.25) is 9.89 Å². The Balaban J connectivity index is 2.22. The fraction of sp³-hybridized carbons (Fsp3) is 0.333. The molecule has 2 atom stereocenters. The van der Waals surface area contributed by atoms with E-state index >= 15 is 0 Å². The summed E-state index contributed by atoms with van der Waals surface area (Å²) in [7, 11) is 0. The van der Waals surface area contributed by atoms with Crippen LogP contribution in [0.15, 0.2) is 30.5 Å². The van der Waals surface area contributed by atoms with Crippen molar-refractivity contribution in [3.05, 3.63) is 41.8 Å². The predicted molar refractivity (Wildman–Crippen MR) is 85.3 cm³/mol. The third kappa shape index (κ3) is 3.48. The SMILES string of the molecule is CSC(CO)C(C)NC(=O)c1cn[nH]c1-c1ccccc1F. The third-order valence-corrected chi connectivity index (χ3v) is 4.59. The summed E-state index contributed by atoms with van der Waals surface area (Å²) < 4.78 is 13.9. The number of nitrogens with zero attached hydrogens (tertiary/aromatic N) is 1. The molecule has 1 aromatic carbocycles. The number of aromatic nitrogens is 2. The summed E-state index contributed by atoms with van der Waals surface area (Å²) >= 11 is 1.47. The number of aliphatic hydroxyl groups is 1. The molecule has 2 rings (SSSR count). The van der Waals surface area contributed by atoms with Gasteiger partial charge in [-0.25, -0.2) is 4.39 Å². The van der Waals surface area contributed by atoms with Gasteiger partial charge in [-0.1, -0.05) is 12.1 Å². The summed E-state index contributed by atoms with van der Waals surface area (Å²) in [5, 5.41) is 18.5. The number of aliphatic hydroxyl groups excluding tert-OH is 1. The first kappa shape index (κ1) is 16.5. The normalized spacial score (nSPS) is 13.6. The first-order valence-corrected chi connectivity index (χ1v) is 8.10. The second-order valence-corrected chi connectivity index (χ2v) is 5.93. The molecule has 0 saturated carbocycles. The van der Waals surface area contributed by atoms with Crippen LogP contribution in [0.25, 0.3) is 11.3 Å². The summed E-state index contributed by atoms with van der Waals surface area (Å²) in [4.78, 5) is 12.4. The Labute approximate surface area is 132 Å². The highest BCUT2D eigenvalue weighted by Crippen LogP contribution is 2.24. The number of rotatable bonds is 6. The number of carbonyl (C=O) groups is 1. The number of halogens is 1. The number of thioether (sulfide) groups is 1. The molecule has 118 valence electrons. The number of H-pyrrole nitrogens is 1. The maximum Gasteiger partial charge on any atom is 0.255 e. The van der Waals surface area contributed by atoms with Crippen molar-refractivity contribution in [3.8, 4) is 11.3 Å². The number of benzene rings is 1. The van der Waals surface area contributed by atoms with Gasteiger partial charge in [-0.2, -0.15) is 16.9 Å². The molecule has 0 radical (unpaired) electrons. The fourth-order valence-electron chi connectivity index (χ4n) is 2.14. The lowest BCUT2D eigenvalue weighted by molar-refractivity contribution is 0.0936. The Morgan fingerprint density at radius 1 is 1.50 bits per heavy atom. The summed E-state index contributed by atoms with van der Waals surface area (Å²) in [5.74, 6) is -0.779. The van der Waals surface area contributed by atoms with Crippen LogP contribution in [-0.4, -0.2) is 45.4 Å². The Morgan fingerprint density at radius 2 is 2.23 bits per heavy atom. The Kier molecular flexibility index (Phi) is 5.57. The molecule has 2 unspecified atom stereocenters. The van der Waals surface area contributed by atoms with Crippen LogP contribution >= 0.6 is 11.8 Å². The first-order chi connectivity index (χ1) is 10.6. The van der Waals surface area contributed by atoms with E-state index in [1.54, 1.807) is 18.2 Å². The molecule has 2 aromatic rings. The summed E-state index contributed by atoms with van der Waals surface area (Å²) in [6.07, 6.45) is 3.24. The molecule has 0 aliphatic carbocycles. The molecule has 1 aromatic heterocycles. The van der Waals surface area contributed by atoms with Crippen LogP contribution in [0, 0.1) is 5.82 Å². The van der Waals surface area contributed by atoms with E-state index in [4.69, 9.17) is 0 Å². The smallest absolute Gasteiger partial charge is 0.255 e. The Morgan fingerprint density at radius 3 is 2.86 bits per heavy atom. The fourth-order valence-corrected chi connectivity index (χ4v) is 2.77. The van der Waals surface area contributed by atoms with Crippen LogP contribution < -0.4 is 5.32 Å². The Hall–Kier alpha value is -1.86. The van der Waals surface area contributed by atoms with Gasteiger partial charge in [0, 0.05) is 16.9 Å². The highest BCUT2D eigenvalue weighted by atomic mass is 32.2. The zero-order valence-corrected chi connectivity index (χ0v) is 13.2. The molecule has 0 aliphatic heterocycles. The van der Waals surface area contributed by atoms with Gasteiger partial charge < -0.3 is 10.4 Å². The number of nitrogens with one attached hydrogen (secondary N) is 2. The van der Waals surface area contributed by atoms with Crippen molar-refractivity contribution in [1.29, 1.82) is 0 Å². The average Bonchev–Trinajstić information content (AvgIpc) is 2.98. The lowest BCUT2D eigenvalue weighted by Gasteiger charge is -2.21. The highest BCUT2D eigenvalue weighted by molar-refractivity contribution is 7.99. The van der Waals surface area contributed by atoms with Crippen molar-refractivity contribution in [2.45, 2.75) is 18.2 Å². The predicted octanol–water partition coefficient (Wildman–Crippen LogP) is 2.06. The molecule has 1 heterocycles. The molecule has 0 spiro atoms. The Bertz CT molecular complexity index is 643. The number of aromatic amines is 1. The van der Waals surface area contributed by atoms with Crippen LogP contribution in [-0.2, 0) is 0 Å². The minimum absolute atomic E-state index is 0.0336. The van der Waals surface area contributed by atoms with Crippen molar-refractivity contribution in [2.75, 3.05) is 12.9 Å². The number of amides is 1. The van der Waals surface area contributed by atoms with Crippen LogP contribution in [0.5, 0.6) is 0 Å². The van der Waals surface area contributed by atoms with Gasteiger partial charge in [-0.05, 0) is 25.3 Å². The second-order valence-electron chi connectivity index (χ2n) is 4.86. The van der Waals surface area contributed by atoms with Crippen molar-refractivity contribution in [3.63, 3.8) is 0 Å². The lowest BCUT2D eigenvalue weighted by Crippen LogP contribution is -2.41.